The molecule has 0 radical (unpaired) electrons. The molecule has 0 amide bonds. The average Bonchev–Trinajstić information content (AvgIpc) is 2.97. The summed E-state index contributed by atoms with van der Waals surface area (Å²) in [5, 5.41) is 13.1. The predicted molar refractivity (Wildman–Crippen MR) is 63.4 cm³/mol. The summed E-state index contributed by atoms with van der Waals surface area (Å²) >= 11 is 0. The van der Waals surface area contributed by atoms with Crippen LogP contribution in [0.2, 0.25) is 0 Å². The van der Waals surface area contributed by atoms with E-state index in [4.69, 9.17) is 4.42 Å². The molecule has 2 unspecified atom stereocenters. The van der Waals surface area contributed by atoms with E-state index in [1.54, 1.807) is 30.9 Å². The highest BCUT2D eigenvalue weighted by Crippen LogP contribution is 2.11. The Morgan fingerprint density at radius 1 is 1.59 bits per heavy atom. The van der Waals surface area contributed by atoms with Crippen molar-refractivity contribution in [2.45, 2.75) is 25.6 Å². The molecule has 5 heteroatoms. The van der Waals surface area contributed by atoms with Crippen LogP contribution in [-0.4, -0.2) is 27.2 Å². The van der Waals surface area contributed by atoms with E-state index in [2.05, 4.69) is 17.2 Å². The maximum atomic E-state index is 9.81. The van der Waals surface area contributed by atoms with Crippen LogP contribution in [0.3, 0.4) is 0 Å². The van der Waals surface area contributed by atoms with Crippen molar-refractivity contribution in [1.29, 1.82) is 0 Å². The first kappa shape index (κ1) is 11.9. The quantitative estimate of drug-likeness (QED) is 0.789. The van der Waals surface area contributed by atoms with Gasteiger partial charge < -0.3 is 19.4 Å². The molecule has 0 saturated carbocycles. The van der Waals surface area contributed by atoms with Gasteiger partial charge in [0.1, 0.15) is 11.9 Å². The van der Waals surface area contributed by atoms with Gasteiger partial charge in [-0.25, -0.2) is 4.98 Å². The van der Waals surface area contributed by atoms with E-state index in [1.165, 1.54) is 0 Å². The van der Waals surface area contributed by atoms with Gasteiger partial charge >= 0.3 is 0 Å². The van der Waals surface area contributed by atoms with E-state index >= 15 is 0 Å². The van der Waals surface area contributed by atoms with Crippen molar-refractivity contribution >= 4 is 0 Å². The van der Waals surface area contributed by atoms with Crippen LogP contribution in [0.15, 0.2) is 41.5 Å². The molecule has 5 nitrogen and oxygen atoms in total. The Labute approximate surface area is 100 Å². The van der Waals surface area contributed by atoms with Crippen LogP contribution in [-0.2, 0) is 6.54 Å². The maximum absolute atomic E-state index is 9.81. The monoisotopic (exact) mass is 235 g/mol. The lowest BCUT2D eigenvalue weighted by Gasteiger charge is -2.16. The summed E-state index contributed by atoms with van der Waals surface area (Å²) in [7, 11) is 0. The normalized spacial score (nSPS) is 14.7. The van der Waals surface area contributed by atoms with Gasteiger partial charge in [0, 0.05) is 31.5 Å². The molecule has 2 aromatic heterocycles. The summed E-state index contributed by atoms with van der Waals surface area (Å²) in [5.74, 6) is 0.590. The molecule has 0 saturated heterocycles. The number of hydrogen-bond donors (Lipinski definition) is 2. The summed E-state index contributed by atoms with van der Waals surface area (Å²) in [6.07, 6.45) is 6.41. The van der Waals surface area contributed by atoms with Gasteiger partial charge in [-0.2, -0.15) is 0 Å². The molecule has 2 N–H and O–H groups in total. The molecule has 2 aromatic rings. The first-order chi connectivity index (χ1) is 8.25. The first-order valence-corrected chi connectivity index (χ1v) is 5.66. The Hall–Kier alpha value is -1.59. The number of hydrogen-bond acceptors (Lipinski definition) is 4. The zero-order valence-corrected chi connectivity index (χ0v) is 9.78. The third-order valence-corrected chi connectivity index (χ3v) is 2.58. The Kier molecular flexibility index (Phi) is 3.95. The zero-order valence-electron chi connectivity index (χ0n) is 9.78. The van der Waals surface area contributed by atoms with Crippen molar-refractivity contribution in [3.05, 3.63) is 42.9 Å². The molecule has 0 fully saturated rings. The minimum Gasteiger partial charge on any atom is -0.467 e. The van der Waals surface area contributed by atoms with Gasteiger partial charge in [0.15, 0.2) is 0 Å². The topological polar surface area (TPSA) is 63.2 Å². The van der Waals surface area contributed by atoms with Crippen LogP contribution in [0, 0.1) is 0 Å². The van der Waals surface area contributed by atoms with Gasteiger partial charge in [0.05, 0.1) is 12.6 Å². The van der Waals surface area contributed by atoms with Crippen LogP contribution in [0.25, 0.3) is 0 Å². The summed E-state index contributed by atoms with van der Waals surface area (Å²) in [4.78, 5) is 3.98. The van der Waals surface area contributed by atoms with E-state index in [-0.39, 0.29) is 6.04 Å². The fourth-order valence-electron chi connectivity index (χ4n) is 1.67. The average molecular weight is 235 g/mol. The van der Waals surface area contributed by atoms with E-state index < -0.39 is 6.10 Å². The lowest BCUT2D eigenvalue weighted by atomic mass is 10.2. The molecule has 2 atom stereocenters. The third-order valence-electron chi connectivity index (χ3n) is 2.58. The first-order valence-electron chi connectivity index (χ1n) is 5.66. The van der Waals surface area contributed by atoms with Gasteiger partial charge in [-0.1, -0.05) is 0 Å². The predicted octanol–water partition coefficient (Wildman–Crippen LogP) is 1.19. The molecule has 0 aliphatic heterocycles. The highest BCUT2D eigenvalue weighted by atomic mass is 16.4. The van der Waals surface area contributed by atoms with Crippen LogP contribution >= 0.6 is 0 Å². The zero-order chi connectivity index (χ0) is 12.1. The number of nitrogens with one attached hydrogen (secondary N) is 1. The summed E-state index contributed by atoms with van der Waals surface area (Å²) in [6, 6.07) is 3.80. The molecule has 0 spiro atoms. The standard InChI is InChI=1S/C12H17N3O2/c1-10(8-15-5-4-13-9-15)14-7-11(16)12-3-2-6-17-12/h2-6,9-11,14,16H,7-8H2,1H3. The lowest BCUT2D eigenvalue weighted by Crippen LogP contribution is -2.33. The van der Waals surface area contributed by atoms with Gasteiger partial charge in [-0.3, -0.25) is 0 Å². The van der Waals surface area contributed by atoms with Crippen LogP contribution in [0.5, 0.6) is 0 Å². The number of aliphatic hydroxyl groups excluding tert-OH is 1. The van der Waals surface area contributed by atoms with E-state index in [9.17, 15) is 5.11 Å². The van der Waals surface area contributed by atoms with Crippen LogP contribution in [0.4, 0.5) is 0 Å². The minimum atomic E-state index is -0.602. The van der Waals surface area contributed by atoms with Crippen molar-refractivity contribution in [3.63, 3.8) is 0 Å². The SMILES string of the molecule is CC(Cn1ccnc1)NCC(O)c1ccco1. The molecular formula is C12H17N3O2. The number of furan rings is 1. The fourth-order valence-corrected chi connectivity index (χ4v) is 1.67. The highest BCUT2D eigenvalue weighted by Gasteiger charge is 2.11. The largest absolute Gasteiger partial charge is 0.467 e. The Morgan fingerprint density at radius 2 is 2.47 bits per heavy atom. The molecule has 92 valence electrons. The van der Waals surface area contributed by atoms with Crippen molar-refractivity contribution in [2.24, 2.45) is 0 Å². The molecule has 0 bridgehead atoms. The van der Waals surface area contributed by atoms with Gasteiger partial charge in [0.2, 0.25) is 0 Å². The summed E-state index contributed by atoms with van der Waals surface area (Å²) in [5.41, 5.74) is 0. The molecule has 0 aliphatic carbocycles. The van der Waals surface area contributed by atoms with Crippen LogP contribution in [0.1, 0.15) is 18.8 Å². The molecule has 2 rings (SSSR count). The van der Waals surface area contributed by atoms with E-state index in [1.807, 2.05) is 10.8 Å². The Morgan fingerprint density at radius 3 is 3.12 bits per heavy atom. The molecular weight excluding hydrogens is 218 g/mol. The highest BCUT2D eigenvalue weighted by molar-refractivity contribution is 5.02. The lowest BCUT2D eigenvalue weighted by molar-refractivity contribution is 0.143. The summed E-state index contributed by atoms with van der Waals surface area (Å²) in [6.45, 7) is 3.36. The van der Waals surface area contributed by atoms with Crippen molar-refractivity contribution in [2.75, 3.05) is 6.54 Å². The fraction of sp³-hybridized carbons (Fsp3) is 0.417. The number of rotatable bonds is 6. The van der Waals surface area contributed by atoms with Gasteiger partial charge in [-0.05, 0) is 19.1 Å². The van der Waals surface area contributed by atoms with Crippen molar-refractivity contribution < 1.29 is 9.52 Å². The number of aromatic nitrogens is 2. The maximum Gasteiger partial charge on any atom is 0.133 e. The van der Waals surface area contributed by atoms with Gasteiger partial charge in [-0.15, -0.1) is 0 Å². The number of aliphatic hydroxyl groups is 1. The second-order valence-corrected chi connectivity index (χ2v) is 4.10. The van der Waals surface area contributed by atoms with E-state index in [0.717, 1.165) is 6.54 Å². The Bertz CT molecular complexity index is 411. The number of imidazole rings is 1. The second-order valence-electron chi connectivity index (χ2n) is 4.10. The molecule has 2 heterocycles. The molecule has 0 aromatic carbocycles. The molecule has 0 aliphatic rings. The minimum absolute atomic E-state index is 0.258. The molecule has 17 heavy (non-hydrogen) atoms. The van der Waals surface area contributed by atoms with E-state index in [0.29, 0.717) is 12.3 Å². The number of nitrogens with zero attached hydrogens (tertiary/aromatic N) is 2. The summed E-state index contributed by atoms with van der Waals surface area (Å²) < 4.78 is 7.13. The second kappa shape index (κ2) is 5.65. The third kappa shape index (κ3) is 3.44. The van der Waals surface area contributed by atoms with Crippen molar-refractivity contribution in [1.82, 2.24) is 14.9 Å². The van der Waals surface area contributed by atoms with Crippen LogP contribution < -0.4 is 5.32 Å². The van der Waals surface area contributed by atoms with Gasteiger partial charge in [0.25, 0.3) is 0 Å². The Balaban J connectivity index is 1.74. The van der Waals surface area contributed by atoms with Crippen molar-refractivity contribution in [3.8, 4) is 0 Å². The smallest absolute Gasteiger partial charge is 0.133 e.